The minimum atomic E-state index is -4.03. The van der Waals surface area contributed by atoms with Gasteiger partial charge in [0.2, 0.25) is 5.91 Å². The van der Waals surface area contributed by atoms with Crippen LogP contribution >= 0.6 is 0 Å². The van der Waals surface area contributed by atoms with Crippen LogP contribution in [0.1, 0.15) is 16.7 Å². The average molecular weight is 432 g/mol. The molecule has 1 amide bonds. The molecule has 0 radical (unpaired) electrons. The molecule has 1 aliphatic rings. The number of carbonyl (C=O) groups excluding carboxylic acids is 1. The molecular formula is C24H21N3O3S. The van der Waals surface area contributed by atoms with Crippen LogP contribution in [0.25, 0.3) is 0 Å². The molecule has 6 nitrogen and oxygen atoms in total. The van der Waals surface area contributed by atoms with Gasteiger partial charge in [-0.3, -0.25) is 9.10 Å². The Morgan fingerprint density at radius 1 is 1.03 bits per heavy atom. The summed E-state index contributed by atoms with van der Waals surface area (Å²) in [6.07, 6.45) is 0.952. The Balaban J connectivity index is 1.61. The summed E-state index contributed by atoms with van der Waals surface area (Å²) in [6.45, 7) is 0.410. The molecule has 0 aliphatic carbocycles. The lowest BCUT2D eigenvalue weighted by atomic mass is 10.1. The first-order chi connectivity index (χ1) is 15.0. The molecule has 0 aromatic heterocycles. The molecule has 7 heteroatoms. The van der Waals surface area contributed by atoms with Gasteiger partial charge >= 0.3 is 0 Å². The van der Waals surface area contributed by atoms with Crippen molar-refractivity contribution in [2.45, 2.75) is 23.8 Å². The number of carbonyl (C=O) groups is 1. The van der Waals surface area contributed by atoms with Crippen molar-refractivity contribution in [1.29, 1.82) is 5.26 Å². The van der Waals surface area contributed by atoms with Crippen LogP contribution in [0.4, 0.5) is 5.69 Å². The maximum atomic E-state index is 13.5. The Bertz CT molecular complexity index is 1250. The Labute approximate surface area is 181 Å². The van der Waals surface area contributed by atoms with E-state index in [9.17, 15) is 13.2 Å². The van der Waals surface area contributed by atoms with E-state index in [1.165, 1.54) is 22.5 Å². The molecule has 1 heterocycles. The van der Waals surface area contributed by atoms with Gasteiger partial charge < -0.3 is 5.32 Å². The van der Waals surface area contributed by atoms with Crippen LogP contribution in [0.3, 0.4) is 0 Å². The van der Waals surface area contributed by atoms with E-state index in [4.69, 9.17) is 5.26 Å². The topological polar surface area (TPSA) is 90.3 Å². The number of fused-ring (bicyclic) bond motifs is 1. The zero-order valence-corrected chi connectivity index (χ0v) is 17.5. The number of hydrogen-bond donors (Lipinski definition) is 1. The van der Waals surface area contributed by atoms with Gasteiger partial charge in [0.25, 0.3) is 10.0 Å². The number of nitrogens with one attached hydrogen (secondary N) is 1. The summed E-state index contributed by atoms with van der Waals surface area (Å²) in [4.78, 5) is 13.0. The second-order valence-electron chi connectivity index (χ2n) is 7.32. The van der Waals surface area contributed by atoms with E-state index in [2.05, 4.69) is 5.32 Å². The first kappa shape index (κ1) is 20.6. The SMILES string of the molecule is N#Cc1cccc(S(=O)(=O)N2c3ccccc3C[C@H]2C(=O)NCCc2ccccc2)c1. The number of nitriles is 1. The van der Waals surface area contributed by atoms with Crippen LogP contribution in [0.2, 0.25) is 0 Å². The van der Waals surface area contributed by atoms with Crippen molar-refractivity contribution in [3.8, 4) is 6.07 Å². The lowest BCUT2D eigenvalue weighted by Gasteiger charge is -2.26. The maximum Gasteiger partial charge on any atom is 0.265 e. The number of nitrogens with zero attached hydrogens (tertiary/aromatic N) is 2. The van der Waals surface area contributed by atoms with E-state index in [-0.39, 0.29) is 16.4 Å². The largest absolute Gasteiger partial charge is 0.354 e. The molecule has 0 saturated carbocycles. The lowest BCUT2D eigenvalue weighted by molar-refractivity contribution is -0.122. The van der Waals surface area contributed by atoms with Crippen molar-refractivity contribution < 1.29 is 13.2 Å². The molecular weight excluding hydrogens is 410 g/mol. The lowest BCUT2D eigenvalue weighted by Crippen LogP contribution is -2.48. The van der Waals surface area contributed by atoms with Crippen LogP contribution in [-0.4, -0.2) is 26.9 Å². The molecule has 0 spiro atoms. The smallest absolute Gasteiger partial charge is 0.265 e. The molecule has 0 unspecified atom stereocenters. The fraction of sp³-hybridized carbons (Fsp3) is 0.167. The molecule has 3 aromatic rings. The molecule has 0 saturated heterocycles. The van der Waals surface area contributed by atoms with Gasteiger partial charge in [-0.15, -0.1) is 0 Å². The van der Waals surface area contributed by atoms with Crippen LogP contribution in [0, 0.1) is 11.3 Å². The fourth-order valence-electron chi connectivity index (χ4n) is 3.79. The zero-order valence-electron chi connectivity index (χ0n) is 16.7. The molecule has 0 bridgehead atoms. The quantitative estimate of drug-likeness (QED) is 0.650. The minimum absolute atomic E-state index is 0.00895. The summed E-state index contributed by atoms with van der Waals surface area (Å²) in [5, 5.41) is 12.0. The Hall–Kier alpha value is -3.63. The zero-order chi connectivity index (χ0) is 21.8. The van der Waals surface area contributed by atoms with Gasteiger partial charge in [-0.25, -0.2) is 8.42 Å². The van der Waals surface area contributed by atoms with Crippen molar-refractivity contribution in [2.24, 2.45) is 0 Å². The third-order valence-electron chi connectivity index (χ3n) is 5.30. The van der Waals surface area contributed by atoms with Gasteiger partial charge in [-0.05, 0) is 41.8 Å². The van der Waals surface area contributed by atoms with Crippen LogP contribution < -0.4 is 9.62 Å². The summed E-state index contributed by atoms with van der Waals surface area (Å²) in [5.41, 5.74) is 2.63. The molecule has 1 atom stereocenters. The van der Waals surface area contributed by atoms with Crippen LogP contribution in [0.15, 0.2) is 83.8 Å². The number of hydrogen-bond acceptors (Lipinski definition) is 4. The van der Waals surface area contributed by atoms with Crippen LogP contribution in [0.5, 0.6) is 0 Å². The number of rotatable bonds is 6. The van der Waals surface area contributed by atoms with Gasteiger partial charge in [0.15, 0.2) is 0 Å². The van der Waals surface area contributed by atoms with Crippen molar-refractivity contribution in [3.63, 3.8) is 0 Å². The highest BCUT2D eigenvalue weighted by Crippen LogP contribution is 2.37. The third kappa shape index (κ3) is 4.16. The number of anilines is 1. The second-order valence-corrected chi connectivity index (χ2v) is 9.13. The Kier molecular flexibility index (Phi) is 5.74. The highest BCUT2D eigenvalue weighted by atomic mass is 32.2. The predicted octanol–water partition coefficient (Wildman–Crippen LogP) is 3.04. The number of benzene rings is 3. The van der Waals surface area contributed by atoms with Crippen molar-refractivity contribution >= 4 is 21.6 Å². The number of para-hydroxylation sites is 1. The molecule has 3 aromatic carbocycles. The first-order valence-corrected chi connectivity index (χ1v) is 11.4. The minimum Gasteiger partial charge on any atom is -0.354 e. The van der Waals surface area contributed by atoms with Gasteiger partial charge in [-0.1, -0.05) is 54.6 Å². The van der Waals surface area contributed by atoms with Crippen molar-refractivity contribution in [1.82, 2.24) is 5.32 Å². The van der Waals surface area contributed by atoms with Gasteiger partial charge in [-0.2, -0.15) is 5.26 Å². The molecule has 31 heavy (non-hydrogen) atoms. The highest BCUT2D eigenvalue weighted by molar-refractivity contribution is 7.93. The molecule has 1 aliphatic heterocycles. The summed E-state index contributed by atoms with van der Waals surface area (Å²) >= 11 is 0. The van der Waals surface area contributed by atoms with E-state index in [1.54, 1.807) is 18.2 Å². The Morgan fingerprint density at radius 3 is 2.55 bits per heavy atom. The maximum absolute atomic E-state index is 13.5. The van der Waals surface area contributed by atoms with Crippen molar-refractivity contribution in [2.75, 3.05) is 10.8 Å². The van der Waals surface area contributed by atoms with Crippen LogP contribution in [-0.2, 0) is 27.7 Å². The van der Waals surface area contributed by atoms with E-state index >= 15 is 0 Å². The predicted molar refractivity (Wildman–Crippen MR) is 118 cm³/mol. The highest BCUT2D eigenvalue weighted by Gasteiger charge is 2.42. The number of amides is 1. The number of sulfonamides is 1. The van der Waals surface area contributed by atoms with Crippen molar-refractivity contribution in [3.05, 3.63) is 95.6 Å². The Morgan fingerprint density at radius 2 is 1.77 bits per heavy atom. The normalized spacial score (nSPS) is 15.2. The van der Waals surface area contributed by atoms with E-state index in [0.29, 0.717) is 25.1 Å². The van der Waals surface area contributed by atoms with Gasteiger partial charge in [0.05, 0.1) is 22.2 Å². The summed E-state index contributed by atoms with van der Waals surface area (Å²) in [5.74, 6) is -0.341. The fourth-order valence-corrected chi connectivity index (χ4v) is 5.48. The second kappa shape index (κ2) is 8.62. The molecule has 4 rings (SSSR count). The summed E-state index contributed by atoms with van der Waals surface area (Å²) in [7, 11) is -4.03. The van der Waals surface area contributed by atoms with Gasteiger partial charge in [0.1, 0.15) is 6.04 Å². The molecule has 0 fully saturated rings. The monoisotopic (exact) mass is 431 g/mol. The summed E-state index contributed by atoms with van der Waals surface area (Å²) < 4.78 is 28.2. The van der Waals surface area contributed by atoms with E-state index < -0.39 is 16.1 Å². The standard InChI is InChI=1S/C24H21N3O3S/c25-17-19-9-6-11-21(15-19)31(29,30)27-22-12-5-4-10-20(22)16-23(27)24(28)26-14-13-18-7-2-1-3-8-18/h1-12,15,23H,13-14,16H2,(H,26,28)/t23-/m0/s1. The molecule has 156 valence electrons. The average Bonchev–Trinajstić information content (AvgIpc) is 3.20. The first-order valence-electron chi connectivity index (χ1n) is 9.95. The van der Waals surface area contributed by atoms with Gasteiger partial charge in [0, 0.05) is 13.0 Å². The van der Waals surface area contributed by atoms with E-state index in [0.717, 1.165) is 11.1 Å². The molecule has 1 N–H and O–H groups in total. The third-order valence-corrected chi connectivity index (χ3v) is 7.12. The van der Waals surface area contributed by atoms with E-state index in [1.807, 2.05) is 48.5 Å². The summed E-state index contributed by atoms with van der Waals surface area (Å²) in [6, 6.07) is 23.8.